The molecule has 0 spiro atoms. The molecule has 31 heavy (non-hydrogen) atoms. The Bertz CT molecular complexity index is 1520. The Morgan fingerprint density at radius 2 is 1.97 bits per heavy atom. The van der Waals surface area contributed by atoms with Crippen molar-refractivity contribution in [1.29, 1.82) is 0 Å². The van der Waals surface area contributed by atoms with Crippen LogP contribution in [0.4, 0.5) is 0 Å². The summed E-state index contributed by atoms with van der Waals surface area (Å²) < 4.78 is 6.66. The lowest BCUT2D eigenvalue weighted by molar-refractivity contribution is 0.613. The number of aromatic amines is 1. The van der Waals surface area contributed by atoms with Gasteiger partial charge in [-0.05, 0) is 25.5 Å². The standard InChI is InChI=1S/C20H21N7O2S2/c1-3-5-10-26-16-15(17(28)22-18(26)29)25(4-2)14(21-16)11-30-19-23-24-20-27(19)12-8-6-7-9-13(12)31-20/h6-9H,3-5,10-11H2,1-2H3,(H,22,28,29). The number of aryl methyl sites for hydroxylation is 2. The molecule has 9 nitrogen and oxygen atoms in total. The zero-order valence-corrected chi connectivity index (χ0v) is 18.8. The summed E-state index contributed by atoms with van der Waals surface area (Å²) in [5.41, 5.74) is 1.17. The molecule has 0 saturated heterocycles. The van der Waals surface area contributed by atoms with Crippen LogP contribution >= 0.6 is 23.1 Å². The molecule has 0 fully saturated rings. The zero-order chi connectivity index (χ0) is 21.5. The number of aromatic nitrogens is 7. The topological polar surface area (TPSA) is 103 Å². The van der Waals surface area contributed by atoms with Crippen LogP contribution in [0.15, 0.2) is 39.0 Å². The number of nitrogens with zero attached hydrogens (tertiary/aromatic N) is 6. The van der Waals surface area contributed by atoms with Gasteiger partial charge >= 0.3 is 5.69 Å². The quantitative estimate of drug-likeness (QED) is 0.378. The normalized spacial score (nSPS) is 11.9. The van der Waals surface area contributed by atoms with Gasteiger partial charge in [0.1, 0.15) is 5.82 Å². The maximum atomic E-state index is 12.6. The molecule has 0 aliphatic carbocycles. The van der Waals surface area contributed by atoms with E-state index in [4.69, 9.17) is 4.98 Å². The fourth-order valence-corrected chi connectivity index (χ4v) is 5.68. The molecule has 0 aliphatic heterocycles. The first-order chi connectivity index (χ1) is 15.1. The molecular weight excluding hydrogens is 434 g/mol. The van der Waals surface area contributed by atoms with Crippen molar-refractivity contribution in [3.8, 4) is 0 Å². The Morgan fingerprint density at radius 1 is 1.13 bits per heavy atom. The SMILES string of the molecule is CCCCn1c(=O)[nH]c(=O)c2c1nc(CSc1nnc3sc4ccccc4n13)n2CC. The number of H-pyrrole nitrogens is 1. The number of hydrogen-bond acceptors (Lipinski definition) is 7. The van der Waals surface area contributed by atoms with E-state index in [-0.39, 0.29) is 0 Å². The number of thioether (sulfide) groups is 1. The van der Waals surface area contributed by atoms with Crippen LogP contribution in [-0.4, -0.2) is 33.7 Å². The summed E-state index contributed by atoms with van der Waals surface area (Å²) in [6, 6.07) is 8.14. The molecule has 0 atom stereocenters. The van der Waals surface area contributed by atoms with Crippen molar-refractivity contribution >= 4 is 49.4 Å². The number of para-hydroxylation sites is 1. The highest BCUT2D eigenvalue weighted by molar-refractivity contribution is 7.98. The first-order valence-corrected chi connectivity index (χ1v) is 12.0. The molecule has 160 valence electrons. The highest BCUT2D eigenvalue weighted by Crippen LogP contribution is 2.31. The summed E-state index contributed by atoms with van der Waals surface area (Å²) in [6.07, 6.45) is 1.79. The molecule has 0 bridgehead atoms. The minimum atomic E-state index is -0.408. The third-order valence-corrected chi connectivity index (χ3v) is 7.19. The van der Waals surface area contributed by atoms with Crippen LogP contribution in [0.2, 0.25) is 0 Å². The van der Waals surface area contributed by atoms with E-state index in [0.717, 1.165) is 39.0 Å². The Hall–Kier alpha value is -2.92. The second-order valence-corrected chi connectivity index (χ2v) is 9.12. The van der Waals surface area contributed by atoms with E-state index in [1.807, 2.05) is 28.0 Å². The molecule has 5 aromatic rings. The van der Waals surface area contributed by atoms with E-state index >= 15 is 0 Å². The van der Waals surface area contributed by atoms with Gasteiger partial charge in [-0.15, -0.1) is 10.2 Å². The van der Waals surface area contributed by atoms with Gasteiger partial charge in [0.25, 0.3) is 5.56 Å². The monoisotopic (exact) mass is 455 g/mol. The van der Waals surface area contributed by atoms with Crippen LogP contribution in [0.3, 0.4) is 0 Å². The zero-order valence-electron chi connectivity index (χ0n) is 17.2. The Labute approximate surface area is 184 Å². The molecule has 5 rings (SSSR count). The van der Waals surface area contributed by atoms with Crippen LogP contribution in [0.25, 0.3) is 26.3 Å². The van der Waals surface area contributed by atoms with Gasteiger partial charge in [0.05, 0.1) is 16.0 Å². The molecule has 4 heterocycles. The summed E-state index contributed by atoms with van der Waals surface area (Å²) in [5.74, 6) is 1.25. The Balaban J connectivity index is 1.56. The van der Waals surface area contributed by atoms with Gasteiger partial charge in [-0.3, -0.25) is 18.7 Å². The molecule has 0 aliphatic rings. The van der Waals surface area contributed by atoms with Crippen molar-refractivity contribution in [3.05, 3.63) is 50.9 Å². The number of rotatable bonds is 7. The van der Waals surface area contributed by atoms with Crippen LogP contribution in [0, 0.1) is 0 Å². The van der Waals surface area contributed by atoms with E-state index < -0.39 is 11.2 Å². The highest BCUT2D eigenvalue weighted by atomic mass is 32.2. The minimum Gasteiger partial charge on any atom is -0.322 e. The number of imidazole rings is 1. The Kier molecular flexibility index (Phi) is 5.14. The van der Waals surface area contributed by atoms with Gasteiger partial charge in [0.2, 0.25) is 4.96 Å². The van der Waals surface area contributed by atoms with Crippen LogP contribution < -0.4 is 11.2 Å². The number of hydrogen-bond donors (Lipinski definition) is 1. The lowest BCUT2D eigenvalue weighted by Gasteiger charge is -2.06. The first kappa shape index (κ1) is 20.0. The molecule has 0 unspecified atom stereocenters. The number of benzene rings is 1. The summed E-state index contributed by atoms with van der Waals surface area (Å²) >= 11 is 3.12. The van der Waals surface area contributed by atoms with Gasteiger partial charge < -0.3 is 4.57 Å². The van der Waals surface area contributed by atoms with Crippen molar-refractivity contribution in [2.75, 3.05) is 0 Å². The Morgan fingerprint density at radius 3 is 2.77 bits per heavy atom. The van der Waals surface area contributed by atoms with Crippen LogP contribution in [-0.2, 0) is 18.8 Å². The second-order valence-electron chi connectivity index (χ2n) is 7.17. The summed E-state index contributed by atoms with van der Waals surface area (Å²) in [4.78, 5) is 33.0. The number of nitrogens with one attached hydrogen (secondary N) is 1. The smallest absolute Gasteiger partial charge is 0.322 e. The largest absolute Gasteiger partial charge is 0.330 e. The molecule has 1 aromatic carbocycles. The van der Waals surface area contributed by atoms with E-state index in [1.165, 1.54) is 11.8 Å². The summed E-state index contributed by atoms with van der Waals surface area (Å²) in [7, 11) is 0. The second kappa shape index (κ2) is 7.97. The average molecular weight is 456 g/mol. The van der Waals surface area contributed by atoms with Gasteiger partial charge in [-0.2, -0.15) is 0 Å². The third kappa shape index (κ3) is 3.28. The van der Waals surface area contributed by atoms with E-state index in [0.29, 0.717) is 30.0 Å². The third-order valence-electron chi connectivity index (χ3n) is 5.26. The van der Waals surface area contributed by atoms with E-state index in [9.17, 15) is 9.59 Å². The maximum absolute atomic E-state index is 12.6. The van der Waals surface area contributed by atoms with Crippen LogP contribution in [0.1, 0.15) is 32.5 Å². The van der Waals surface area contributed by atoms with Crippen molar-refractivity contribution in [2.24, 2.45) is 0 Å². The van der Waals surface area contributed by atoms with Gasteiger partial charge in [-0.25, -0.2) is 9.78 Å². The fraction of sp³-hybridized carbons (Fsp3) is 0.350. The van der Waals surface area contributed by atoms with E-state index in [2.05, 4.69) is 34.2 Å². The van der Waals surface area contributed by atoms with Gasteiger partial charge in [0, 0.05) is 13.1 Å². The number of unbranched alkanes of at least 4 members (excludes halogenated alkanes) is 1. The van der Waals surface area contributed by atoms with E-state index in [1.54, 1.807) is 15.9 Å². The number of fused-ring (bicyclic) bond motifs is 4. The van der Waals surface area contributed by atoms with Crippen molar-refractivity contribution in [3.63, 3.8) is 0 Å². The summed E-state index contributed by atoms with van der Waals surface area (Å²) in [5, 5.41) is 9.43. The first-order valence-electron chi connectivity index (χ1n) is 10.2. The average Bonchev–Trinajstić information content (AvgIpc) is 3.43. The molecule has 4 aromatic heterocycles. The lowest BCUT2D eigenvalue weighted by Crippen LogP contribution is -2.31. The lowest BCUT2D eigenvalue weighted by atomic mass is 10.3. The molecule has 0 saturated carbocycles. The molecule has 0 radical (unpaired) electrons. The molecule has 11 heteroatoms. The van der Waals surface area contributed by atoms with Crippen LogP contribution in [0.5, 0.6) is 0 Å². The van der Waals surface area contributed by atoms with Crippen molar-refractivity contribution in [2.45, 2.75) is 50.7 Å². The molecule has 0 amide bonds. The van der Waals surface area contributed by atoms with Crippen molar-refractivity contribution < 1.29 is 0 Å². The van der Waals surface area contributed by atoms with Gasteiger partial charge in [-0.1, -0.05) is 48.6 Å². The number of thiazole rings is 1. The predicted molar refractivity (Wildman–Crippen MR) is 123 cm³/mol. The highest BCUT2D eigenvalue weighted by Gasteiger charge is 2.19. The van der Waals surface area contributed by atoms with Crippen molar-refractivity contribution in [1.82, 2.24) is 33.7 Å². The molecular formula is C20H21N7O2S2. The maximum Gasteiger partial charge on any atom is 0.330 e. The van der Waals surface area contributed by atoms with Gasteiger partial charge in [0.15, 0.2) is 16.3 Å². The minimum absolute atomic E-state index is 0.396. The predicted octanol–water partition coefficient (Wildman–Crippen LogP) is 3.26. The summed E-state index contributed by atoms with van der Waals surface area (Å²) in [6.45, 7) is 5.14. The fourth-order valence-electron chi connectivity index (χ4n) is 3.77. The molecule has 1 N–H and O–H groups in total.